The average molecular weight is 226 g/mol. The molecule has 1 unspecified atom stereocenters. The second-order valence-electron chi connectivity index (χ2n) is 4.32. The first-order chi connectivity index (χ1) is 7.59. The summed E-state index contributed by atoms with van der Waals surface area (Å²) in [5.74, 6) is 1.06. The van der Waals surface area contributed by atoms with Crippen molar-refractivity contribution < 1.29 is 5.11 Å². The molecule has 0 radical (unpaired) electrons. The van der Waals surface area contributed by atoms with Crippen LogP contribution >= 0.6 is 0 Å². The van der Waals surface area contributed by atoms with Gasteiger partial charge in [0.2, 0.25) is 0 Å². The van der Waals surface area contributed by atoms with Crippen molar-refractivity contribution in [1.82, 2.24) is 19.8 Å². The number of nitrogens with zero attached hydrogens (tertiary/aromatic N) is 3. The van der Waals surface area contributed by atoms with Crippen molar-refractivity contribution in [3.63, 3.8) is 0 Å². The van der Waals surface area contributed by atoms with Crippen molar-refractivity contribution in [2.75, 3.05) is 33.7 Å². The van der Waals surface area contributed by atoms with Crippen LogP contribution in [0.25, 0.3) is 0 Å². The van der Waals surface area contributed by atoms with E-state index in [0.29, 0.717) is 13.1 Å². The predicted octanol–water partition coefficient (Wildman–Crippen LogP) is -0.525. The van der Waals surface area contributed by atoms with E-state index < -0.39 is 0 Å². The van der Waals surface area contributed by atoms with Crippen molar-refractivity contribution in [3.8, 4) is 0 Å². The van der Waals surface area contributed by atoms with Crippen LogP contribution in [0, 0.1) is 0 Å². The number of aliphatic hydroxyl groups is 1. The predicted molar refractivity (Wildman–Crippen MR) is 64.3 cm³/mol. The van der Waals surface area contributed by atoms with E-state index in [1.54, 1.807) is 6.20 Å². The third-order valence-electron chi connectivity index (χ3n) is 2.40. The standard InChI is InChI=1S/C11H22N4O/c1-14(2)9-10(16)8-12-5-4-11-13-6-7-15(11)3/h6-7,10,12,16H,4-5,8-9H2,1-3H3. The van der Waals surface area contributed by atoms with E-state index in [2.05, 4.69) is 10.3 Å². The van der Waals surface area contributed by atoms with Crippen LogP contribution in [0.15, 0.2) is 12.4 Å². The summed E-state index contributed by atoms with van der Waals surface area (Å²) in [6.07, 6.45) is 4.32. The molecule has 2 N–H and O–H groups in total. The van der Waals surface area contributed by atoms with Gasteiger partial charge in [-0.05, 0) is 14.1 Å². The fourth-order valence-electron chi connectivity index (χ4n) is 1.59. The van der Waals surface area contributed by atoms with Gasteiger partial charge in [0, 0.05) is 45.5 Å². The molecular weight excluding hydrogens is 204 g/mol. The number of aliphatic hydroxyl groups excluding tert-OH is 1. The van der Waals surface area contributed by atoms with Crippen LogP contribution < -0.4 is 5.32 Å². The molecule has 0 fully saturated rings. The minimum atomic E-state index is -0.309. The molecule has 92 valence electrons. The van der Waals surface area contributed by atoms with Crippen LogP contribution in [0.1, 0.15) is 5.82 Å². The van der Waals surface area contributed by atoms with Crippen molar-refractivity contribution in [1.29, 1.82) is 0 Å². The van der Waals surface area contributed by atoms with Gasteiger partial charge in [-0.2, -0.15) is 0 Å². The maximum Gasteiger partial charge on any atom is 0.109 e. The average Bonchev–Trinajstić information content (AvgIpc) is 2.58. The Hall–Kier alpha value is -0.910. The first-order valence-electron chi connectivity index (χ1n) is 5.59. The number of imidazole rings is 1. The Morgan fingerprint density at radius 3 is 2.88 bits per heavy atom. The Morgan fingerprint density at radius 1 is 1.56 bits per heavy atom. The highest BCUT2D eigenvalue weighted by Gasteiger charge is 2.05. The molecule has 0 saturated carbocycles. The lowest BCUT2D eigenvalue weighted by Gasteiger charge is -2.16. The lowest BCUT2D eigenvalue weighted by molar-refractivity contribution is 0.135. The molecule has 1 atom stereocenters. The lowest BCUT2D eigenvalue weighted by atomic mass is 10.3. The zero-order valence-electron chi connectivity index (χ0n) is 10.3. The molecule has 0 bridgehead atoms. The van der Waals surface area contributed by atoms with Crippen LogP contribution in [-0.2, 0) is 13.5 Å². The molecular formula is C11H22N4O. The lowest BCUT2D eigenvalue weighted by Crippen LogP contribution is -2.35. The Kier molecular flexibility index (Phi) is 5.45. The minimum absolute atomic E-state index is 0.309. The van der Waals surface area contributed by atoms with E-state index in [1.807, 2.05) is 36.8 Å². The number of nitrogens with one attached hydrogen (secondary N) is 1. The van der Waals surface area contributed by atoms with Gasteiger partial charge in [0.05, 0.1) is 6.10 Å². The molecule has 0 spiro atoms. The van der Waals surface area contributed by atoms with E-state index in [0.717, 1.165) is 18.8 Å². The van der Waals surface area contributed by atoms with Crippen LogP contribution in [0.2, 0.25) is 0 Å². The molecule has 0 saturated heterocycles. The van der Waals surface area contributed by atoms with Crippen molar-refractivity contribution in [2.24, 2.45) is 7.05 Å². The number of hydrogen-bond donors (Lipinski definition) is 2. The smallest absolute Gasteiger partial charge is 0.109 e. The largest absolute Gasteiger partial charge is 0.390 e. The summed E-state index contributed by atoms with van der Waals surface area (Å²) in [5, 5.41) is 12.8. The first-order valence-corrected chi connectivity index (χ1v) is 5.59. The summed E-state index contributed by atoms with van der Waals surface area (Å²) >= 11 is 0. The highest BCUT2D eigenvalue weighted by atomic mass is 16.3. The molecule has 0 aliphatic carbocycles. The molecule has 5 nitrogen and oxygen atoms in total. The minimum Gasteiger partial charge on any atom is -0.390 e. The Labute approximate surface area is 97.1 Å². The van der Waals surface area contributed by atoms with E-state index in [-0.39, 0.29) is 6.10 Å². The van der Waals surface area contributed by atoms with E-state index in [4.69, 9.17) is 0 Å². The van der Waals surface area contributed by atoms with Gasteiger partial charge >= 0.3 is 0 Å². The van der Waals surface area contributed by atoms with Gasteiger partial charge < -0.3 is 19.9 Å². The summed E-state index contributed by atoms with van der Waals surface area (Å²) in [6, 6.07) is 0. The number of aryl methyl sites for hydroxylation is 1. The number of aromatic nitrogens is 2. The SMILES string of the molecule is CN(C)CC(O)CNCCc1nccn1C. The quantitative estimate of drug-likeness (QED) is 0.614. The van der Waals surface area contributed by atoms with Gasteiger partial charge in [-0.25, -0.2) is 4.98 Å². The van der Waals surface area contributed by atoms with Crippen molar-refractivity contribution in [2.45, 2.75) is 12.5 Å². The third kappa shape index (κ3) is 4.74. The van der Waals surface area contributed by atoms with Crippen molar-refractivity contribution in [3.05, 3.63) is 18.2 Å². The Bertz CT molecular complexity index is 298. The van der Waals surface area contributed by atoms with Gasteiger partial charge in [-0.15, -0.1) is 0 Å². The number of rotatable bonds is 7. The molecule has 0 aliphatic heterocycles. The van der Waals surface area contributed by atoms with E-state index in [9.17, 15) is 5.11 Å². The maximum atomic E-state index is 9.61. The Balaban J connectivity index is 2.10. The fraction of sp³-hybridized carbons (Fsp3) is 0.727. The number of likely N-dealkylation sites (N-methyl/N-ethyl adjacent to an activating group) is 1. The summed E-state index contributed by atoms with van der Waals surface area (Å²) in [5.41, 5.74) is 0. The topological polar surface area (TPSA) is 53.3 Å². The fourth-order valence-corrected chi connectivity index (χ4v) is 1.59. The molecule has 1 rings (SSSR count). The summed E-state index contributed by atoms with van der Waals surface area (Å²) in [4.78, 5) is 6.21. The van der Waals surface area contributed by atoms with Crippen LogP contribution in [0.5, 0.6) is 0 Å². The molecule has 5 heteroatoms. The van der Waals surface area contributed by atoms with Crippen molar-refractivity contribution >= 4 is 0 Å². The van der Waals surface area contributed by atoms with Gasteiger partial charge in [0.25, 0.3) is 0 Å². The van der Waals surface area contributed by atoms with Gasteiger partial charge in [0.1, 0.15) is 5.82 Å². The van der Waals surface area contributed by atoms with Crippen LogP contribution in [0.3, 0.4) is 0 Å². The Morgan fingerprint density at radius 2 is 2.31 bits per heavy atom. The molecule has 16 heavy (non-hydrogen) atoms. The van der Waals surface area contributed by atoms with E-state index in [1.165, 1.54) is 0 Å². The molecule has 0 aliphatic rings. The zero-order chi connectivity index (χ0) is 12.0. The monoisotopic (exact) mass is 226 g/mol. The molecule has 1 heterocycles. The summed E-state index contributed by atoms with van der Waals surface area (Å²) in [7, 11) is 5.90. The van der Waals surface area contributed by atoms with Crippen LogP contribution in [-0.4, -0.2) is 59.4 Å². The molecule has 1 aromatic rings. The van der Waals surface area contributed by atoms with Gasteiger partial charge in [-0.3, -0.25) is 0 Å². The first kappa shape index (κ1) is 13.2. The normalized spacial score (nSPS) is 13.3. The summed E-state index contributed by atoms with van der Waals surface area (Å²) < 4.78 is 2.01. The molecule has 0 aromatic carbocycles. The van der Waals surface area contributed by atoms with Gasteiger partial charge in [0.15, 0.2) is 0 Å². The maximum absolute atomic E-state index is 9.61. The molecule has 1 aromatic heterocycles. The zero-order valence-corrected chi connectivity index (χ0v) is 10.3. The summed E-state index contributed by atoms with van der Waals surface area (Å²) in [6.45, 7) is 2.16. The van der Waals surface area contributed by atoms with Gasteiger partial charge in [-0.1, -0.05) is 0 Å². The van der Waals surface area contributed by atoms with E-state index >= 15 is 0 Å². The highest BCUT2D eigenvalue weighted by Crippen LogP contribution is 1.94. The van der Waals surface area contributed by atoms with Crippen LogP contribution in [0.4, 0.5) is 0 Å². The highest BCUT2D eigenvalue weighted by molar-refractivity contribution is 4.91. The second kappa shape index (κ2) is 6.62. The third-order valence-corrected chi connectivity index (χ3v) is 2.40. The second-order valence-corrected chi connectivity index (χ2v) is 4.32. The molecule has 0 amide bonds. The number of hydrogen-bond acceptors (Lipinski definition) is 4.